The maximum atomic E-state index is 6.09. The molecule has 0 unspecified atom stereocenters. The van der Waals surface area contributed by atoms with E-state index < -0.39 is 0 Å². The molecule has 0 saturated heterocycles. The lowest BCUT2D eigenvalue weighted by Gasteiger charge is -2.21. The van der Waals surface area contributed by atoms with E-state index in [2.05, 4.69) is 6.92 Å². The summed E-state index contributed by atoms with van der Waals surface area (Å²) >= 11 is 0. The number of hydrogen-bond acceptors (Lipinski definition) is 2. The molecule has 1 aromatic rings. The normalized spacial score (nSPS) is 16.1. The van der Waals surface area contributed by atoms with Crippen LogP contribution < -0.4 is 5.73 Å². The quantitative estimate of drug-likeness (QED) is 0.735. The Labute approximate surface area is 73.8 Å². The highest BCUT2D eigenvalue weighted by atomic mass is 16.3. The van der Waals surface area contributed by atoms with E-state index in [0.29, 0.717) is 0 Å². The van der Waals surface area contributed by atoms with E-state index in [4.69, 9.17) is 10.2 Å². The van der Waals surface area contributed by atoms with Gasteiger partial charge in [-0.15, -0.1) is 0 Å². The molecule has 68 valence electrons. The largest absolute Gasteiger partial charge is 0.466 e. The van der Waals surface area contributed by atoms with Gasteiger partial charge in [0.1, 0.15) is 11.5 Å². The van der Waals surface area contributed by atoms with Gasteiger partial charge in [0.05, 0.1) is 0 Å². The lowest BCUT2D eigenvalue weighted by atomic mass is 9.91. The van der Waals surface area contributed by atoms with Crippen LogP contribution in [0, 0.1) is 13.8 Å². The van der Waals surface area contributed by atoms with Crippen LogP contribution >= 0.6 is 0 Å². The minimum atomic E-state index is -0.248. The van der Waals surface area contributed by atoms with Crippen LogP contribution in [0.1, 0.15) is 37.4 Å². The summed E-state index contributed by atoms with van der Waals surface area (Å²) in [5.41, 5.74) is 6.97. The van der Waals surface area contributed by atoms with Gasteiger partial charge in [-0.2, -0.15) is 0 Å². The van der Waals surface area contributed by atoms with Crippen LogP contribution in [-0.4, -0.2) is 0 Å². The summed E-state index contributed by atoms with van der Waals surface area (Å²) in [7, 11) is 0. The summed E-state index contributed by atoms with van der Waals surface area (Å²) in [5.74, 6) is 1.88. The molecule has 1 rings (SSSR count). The molecule has 0 fully saturated rings. The average Bonchev–Trinajstić information content (AvgIpc) is 2.31. The third-order valence-electron chi connectivity index (χ3n) is 2.39. The van der Waals surface area contributed by atoms with Crippen molar-refractivity contribution in [3.63, 3.8) is 0 Å². The standard InChI is InChI=1S/C10H17NO/c1-5-10(4,11)9-6-7(2)12-8(9)3/h6H,5,11H2,1-4H3/t10-/m0/s1. The van der Waals surface area contributed by atoms with Gasteiger partial charge >= 0.3 is 0 Å². The zero-order valence-electron chi connectivity index (χ0n) is 8.27. The van der Waals surface area contributed by atoms with Crippen molar-refractivity contribution in [1.29, 1.82) is 0 Å². The molecule has 2 heteroatoms. The van der Waals surface area contributed by atoms with Crippen LogP contribution in [0.4, 0.5) is 0 Å². The Balaban J connectivity index is 3.09. The first kappa shape index (κ1) is 9.33. The van der Waals surface area contributed by atoms with Crippen molar-refractivity contribution in [3.8, 4) is 0 Å². The third-order valence-corrected chi connectivity index (χ3v) is 2.39. The Kier molecular flexibility index (Phi) is 2.29. The smallest absolute Gasteiger partial charge is 0.106 e. The minimum Gasteiger partial charge on any atom is -0.466 e. The van der Waals surface area contributed by atoms with Gasteiger partial charge < -0.3 is 10.2 Å². The molecule has 0 saturated carbocycles. The molecule has 0 aromatic carbocycles. The second kappa shape index (κ2) is 2.94. The number of hydrogen-bond donors (Lipinski definition) is 1. The Morgan fingerprint density at radius 2 is 2.08 bits per heavy atom. The van der Waals surface area contributed by atoms with Crippen molar-refractivity contribution in [2.75, 3.05) is 0 Å². The fourth-order valence-corrected chi connectivity index (χ4v) is 1.39. The van der Waals surface area contributed by atoms with Gasteiger partial charge in [0.2, 0.25) is 0 Å². The molecule has 0 radical (unpaired) electrons. The molecule has 2 nitrogen and oxygen atoms in total. The van der Waals surface area contributed by atoms with Crippen molar-refractivity contribution in [1.82, 2.24) is 0 Å². The van der Waals surface area contributed by atoms with Crippen LogP contribution in [-0.2, 0) is 5.54 Å². The second-order valence-corrected chi connectivity index (χ2v) is 3.60. The molecule has 0 bridgehead atoms. The molecule has 1 atom stereocenters. The fraction of sp³-hybridized carbons (Fsp3) is 0.600. The lowest BCUT2D eigenvalue weighted by Crippen LogP contribution is -2.32. The van der Waals surface area contributed by atoms with Gasteiger partial charge in [-0.1, -0.05) is 6.92 Å². The van der Waals surface area contributed by atoms with E-state index in [-0.39, 0.29) is 5.54 Å². The van der Waals surface area contributed by atoms with Crippen LogP contribution in [0.3, 0.4) is 0 Å². The van der Waals surface area contributed by atoms with E-state index in [1.807, 2.05) is 26.8 Å². The Hall–Kier alpha value is -0.760. The zero-order valence-corrected chi connectivity index (χ0v) is 8.27. The van der Waals surface area contributed by atoms with Gasteiger partial charge in [0.15, 0.2) is 0 Å². The SMILES string of the molecule is CC[C@](C)(N)c1cc(C)oc1C. The molecule has 2 N–H and O–H groups in total. The van der Waals surface area contributed by atoms with E-state index >= 15 is 0 Å². The van der Waals surface area contributed by atoms with E-state index in [1.165, 1.54) is 0 Å². The van der Waals surface area contributed by atoms with Crippen LogP contribution in [0.25, 0.3) is 0 Å². The molecule has 0 spiro atoms. The van der Waals surface area contributed by atoms with Gasteiger partial charge in [0, 0.05) is 11.1 Å². The minimum absolute atomic E-state index is 0.248. The van der Waals surface area contributed by atoms with Gasteiger partial charge in [0.25, 0.3) is 0 Å². The average molecular weight is 167 g/mol. The molecule has 1 aromatic heterocycles. The van der Waals surface area contributed by atoms with E-state index in [9.17, 15) is 0 Å². The number of rotatable bonds is 2. The maximum Gasteiger partial charge on any atom is 0.106 e. The molecular formula is C10H17NO. The monoisotopic (exact) mass is 167 g/mol. The van der Waals surface area contributed by atoms with Crippen LogP contribution in [0.15, 0.2) is 10.5 Å². The first-order valence-electron chi connectivity index (χ1n) is 4.33. The number of furan rings is 1. The van der Waals surface area contributed by atoms with Crippen molar-refractivity contribution in [3.05, 3.63) is 23.2 Å². The summed E-state index contributed by atoms with van der Waals surface area (Å²) in [5, 5.41) is 0. The molecule has 0 aliphatic heterocycles. The summed E-state index contributed by atoms with van der Waals surface area (Å²) in [4.78, 5) is 0. The summed E-state index contributed by atoms with van der Waals surface area (Å²) in [6, 6.07) is 2.03. The predicted molar refractivity (Wildman–Crippen MR) is 50.0 cm³/mol. The number of nitrogens with two attached hydrogens (primary N) is 1. The summed E-state index contributed by atoms with van der Waals surface area (Å²) in [6.45, 7) is 8.03. The van der Waals surface area contributed by atoms with Crippen molar-refractivity contribution >= 4 is 0 Å². The maximum absolute atomic E-state index is 6.09. The Bertz CT molecular complexity index is 273. The second-order valence-electron chi connectivity index (χ2n) is 3.60. The summed E-state index contributed by atoms with van der Waals surface area (Å²) in [6.07, 6.45) is 0.923. The molecule has 0 aliphatic rings. The van der Waals surface area contributed by atoms with E-state index in [0.717, 1.165) is 23.5 Å². The topological polar surface area (TPSA) is 39.2 Å². The highest BCUT2D eigenvalue weighted by molar-refractivity contribution is 5.27. The summed E-state index contributed by atoms with van der Waals surface area (Å²) < 4.78 is 5.42. The number of aryl methyl sites for hydroxylation is 2. The lowest BCUT2D eigenvalue weighted by molar-refractivity contribution is 0.447. The van der Waals surface area contributed by atoms with Crippen molar-refractivity contribution in [2.45, 2.75) is 39.7 Å². The van der Waals surface area contributed by atoms with Gasteiger partial charge in [-0.3, -0.25) is 0 Å². The molecular weight excluding hydrogens is 150 g/mol. The Morgan fingerprint density at radius 1 is 1.50 bits per heavy atom. The van der Waals surface area contributed by atoms with Crippen molar-refractivity contribution in [2.24, 2.45) is 5.73 Å². The van der Waals surface area contributed by atoms with E-state index in [1.54, 1.807) is 0 Å². The van der Waals surface area contributed by atoms with Crippen LogP contribution in [0.2, 0.25) is 0 Å². The fourth-order valence-electron chi connectivity index (χ4n) is 1.39. The highest BCUT2D eigenvalue weighted by Gasteiger charge is 2.23. The first-order chi connectivity index (χ1) is 5.47. The molecule has 1 heterocycles. The van der Waals surface area contributed by atoms with Gasteiger partial charge in [-0.05, 0) is 33.3 Å². The molecule has 0 aliphatic carbocycles. The van der Waals surface area contributed by atoms with Crippen molar-refractivity contribution < 1.29 is 4.42 Å². The Morgan fingerprint density at radius 3 is 2.42 bits per heavy atom. The zero-order chi connectivity index (χ0) is 9.35. The van der Waals surface area contributed by atoms with Crippen LogP contribution in [0.5, 0.6) is 0 Å². The first-order valence-corrected chi connectivity index (χ1v) is 4.33. The molecule has 12 heavy (non-hydrogen) atoms. The highest BCUT2D eigenvalue weighted by Crippen LogP contribution is 2.26. The third kappa shape index (κ3) is 1.53. The predicted octanol–water partition coefficient (Wildman–Crippen LogP) is 2.48. The molecule has 0 amide bonds. The van der Waals surface area contributed by atoms with Gasteiger partial charge in [-0.25, -0.2) is 0 Å².